The summed E-state index contributed by atoms with van der Waals surface area (Å²) in [5.74, 6) is 3.00. The number of benzene rings is 1. The zero-order chi connectivity index (χ0) is 16.7. The lowest BCUT2D eigenvalue weighted by Crippen LogP contribution is -2.16. The molecule has 0 radical (unpaired) electrons. The Hall–Kier alpha value is -2.35. The van der Waals surface area contributed by atoms with Crippen molar-refractivity contribution in [2.75, 3.05) is 31.4 Å². The standard InChI is InChI=1S/C16H17N3O4S/c1-19-16-10(7-17-19)15(24-8-13(20)18-16)9-5-11(21-2)14-12(6-9)22-3-4-23-14/h5-7,15H,3-4,8H2,1-2H3,(H,18,20). The fourth-order valence-electron chi connectivity index (χ4n) is 2.94. The number of ether oxygens (including phenoxy) is 3. The van der Waals surface area contributed by atoms with Crippen molar-refractivity contribution in [1.29, 1.82) is 0 Å². The maximum absolute atomic E-state index is 12.0. The Morgan fingerprint density at radius 3 is 3.04 bits per heavy atom. The number of carbonyl (C=O) groups excluding carboxylic acids is 1. The first-order valence-electron chi connectivity index (χ1n) is 7.58. The van der Waals surface area contributed by atoms with Crippen LogP contribution in [0.15, 0.2) is 18.3 Å². The van der Waals surface area contributed by atoms with E-state index >= 15 is 0 Å². The summed E-state index contributed by atoms with van der Waals surface area (Å²) in [5.41, 5.74) is 1.96. The number of hydrogen-bond donors (Lipinski definition) is 1. The van der Waals surface area contributed by atoms with Crippen molar-refractivity contribution in [3.05, 3.63) is 29.5 Å². The van der Waals surface area contributed by atoms with Gasteiger partial charge < -0.3 is 19.5 Å². The summed E-state index contributed by atoms with van der Waals surface area (Å²) < 4.78 is 18.5. The van der Waals surface area contributed by atoms with Crippen LogP contribution < -0.4 is 19.5 Å². The minimum absolute atomic E-state index is 0.0307. The van der Waals surface area contributed by atoms with Gasteiger partial charge in [0.1, 0.15) is 19.0 Å². The minimum atomic E-state index is -0.0441. The molecule has 0 spiro atoms. The minimum Gasteiger partial charge on any atom is -0.493 e. The largest absolute Gasteiger partial charge is 0.493 e. The highest BCUT2D eigenvalue weighted by molar-refractivity contribution is 8.00. The van der Waals surface area contributed by atoms with Gasteiger partial charge in [-0.15, -0.1) is 11.8 Å². The van der Waals surface area contributed by atoms with E-state index in [2.05, 4.69) is 10.4 Å². The molecule has 1 aromatic heterocycles. The summed E-state index contributed by atoms with van der Waals surface area (Å²) in [5, 5.41) is 7.15. The lowest BCUT2D eigenvalue weighted by atomic mass is 10.0. The summed E-state index contributed by atoms with van der Waals surface area (Å²) in [6.45, 7) is 1.02. The third-order valence-corrected chi connectivity index (χ3v) is 5.33. The first-order chi connectivity index (χ1) is 11.7. The number of aryl methyl sites for hydroxylation is 1. The van der Waals surface area contributed by atoms with Crippen LogP contribution in [-0.4, -0.2) is 41.8 Å². The molecule has 126 valence electrons. The predicted molar refractivity (Wildman–Crippen MR) is 90.1 cm³/mol. The molecule has 2 aliphatic heterocycles. The molecule has 1 amide bonds. The van der Waals surface area contributed by atoms with Crippen LogP contribution in [0.1, 0.15) is 16.4 Å². The number of rotatable bonds is 2. The van der Waals surface area contributed by atoms with Crippen LogP contribution in [0, 0.1) is 0 Å². The predicted octanol–water partition coefficient (Wildman–Crippen LogP) is 1.97. The van der Waals surface area contributed by atoms with Gasteiger partial charge in [-0.1, -0.05) is 0 Å². The lowest BCUT2D eigenvalue weighted by Gasteiger charge is -2.23. The van der Waals surface area contributed by atoms with Crippen molar-refractivity contribution in [2.24, 2.45) is 7.05 Å². The highest BCUT2D eigenvalue weighted by Crippen LogP contribution is 2.47. The second-order valence-electron chi connectivity index (χ2n) is 5.56. The molecule has 8 heteroatoms. The Bertz CT molecular complexity index is 788. The Balaban J connectivity index is 1.82. The summed E-state index contributed by atoms with van der Waals surface area (Å²) in [6.07, 6.45) is 1.79. The van der Waals surface area contributed by atoms with Gasteiger partial charge in [0, 0.05) is 12.6 Å². The SMILES string of the molecule is COc1cc(C2SCC(=O)Nc3c2cnn3C)cc2c1OCCO2. The number of hydrogen-bond acceptors (Lipinski definition) is 6. The lowest BCUT2D eigenvalue weighted by molar-refractivity contribution is -0.113. The van der Waals surface area contributed by atoms with E-state index in [1.807, 2.05) is 19.2 Å². The van der Waals surface area contributed by atoms with Crippen molar-refractivity contribution in [3.8, 4) is 17.2 Å². The van der Waals surface area contributed by atoms with Crippen molar-refractivity contribution in [1.82, 2.24) is 9.78 Å². The summed E-state index contributed by atoms with van der Waals surface area (Å²) in [6, 6.07) is 3.90. The van der Waals surface area contributed by atoms with E-state index in [-0.39, 0.29) is 11.2 Å². The average Bonchev–Trinajstić information content (AvgIpc) is 2.86. The Morgan fingerprint density at radius 2 is 2.21 bits per heavy atom. The van der Waals surface area contributed by atoms with Crippen LogP contribution in [0.5, 0.6) is 17.2 Å². The molecule has 0 fully saturated rings. The summed E-state index contributed by atoms with van der Waals surface area (Å²) >= 11 is 1.55. The molecule has 1 aromatic carbocycles. The molecule has 3 heterocycles. The van der Waals surface area contributed by atoms with E-state index in [0.29, 0.717) is 36.2 Å². The molecular weight excluding hydrogens is 330 g/mol. The van der Waals surface area contributed by atoms with Crippen molar-refractivity contribution in [2.45, 2.75) is 5.25 Å². The summed E-state index contributed by atoms with van der Waals surface area (Å²) in [7, 11) is 3.43. The zero-order valence-electron chi connectivity index (χ0n) is 13.4. The Labute approximate surface area is 143 Å². The number of anilines is 1. The monoisotopic (exact) mass is 347 g/mol. The van der Waals surface area contributed by atoms with Crippen molar-refractivity contribution in [3.63, 3.8) is 0 Å². The molecule has 0 saturated carbocycles. The maximum atomic E-state index is 12.0. The van der Waals surface area contributed by atoms with Gasteiger partial charge in [-0.2, -0.15) is 5.10 Å². The van der Waals surface area contributed by atoms with Crippen LogP contribution >= 0.6 is 11.8 Å². The van der Waals surface area contributed by atoms with Gasteiger partial charge in [0.2, 0.25) is 11.7 Å². The van der Waals surface area contributed by atoms with Crippen LogP contribution in [0.3, 0.4) is 0 Å². The van der Waals surface area contributed by atoms with Crippen molar-refractivity contribution < 1.29 is 19.0 Å². The fraction of sp³-hybridized carbons (Fsp3) is 0.375. The highest BCUT2D eigenvalue weighted by atomic mass is 32.2. The Kier molecular flexibility index (Phi) is 3.76. The first kappa shape index (κ1) is 15.2. The van der Waals surface area contributed by atoms with E-state index in [9.17, 15) is 4.79 Å². The smallest absolute Gasteiger partial charge is 0.235 e. The molecular formula is C16H17N3O4S. The molecule has 2 aliphatic rings. The second-order valence-corrected chi connectivity index (χ2v) is 6.65. The molecule has 0 bridgehead atoms. The Morgan fingerprint density at radius 1 is 1.38 bits per heavy atom. The zero-order valence-corrected chi connectivity index (χ0v) is 14.2. The van der Waals surface area contributed by atoms with Crippen LogP contribution in [0.2, 0.25) is 0 Å². The third-order valence-electron chi connectivity index (χ3n) is 4.04. The second kappa shape index (κ2) is 5.94. The molecule has 4 rings (SSSR count). The number of thioether (sulfide) groups is 1. The van der Waals surface area contributed by atoms with Gasteiger partial charge in [0.15, 0.2) is 11.5 Å². The van der Waals surface area contributed by atoms with Crippen LogP contribution in [-0.2, 0) is 11.8 Å². The van der Waals surface area contributed by atoms with Gasteiger partial charge in [0.05, 0.1) is 24.3 Å². The van der Waals surface area contributed by atoms with Crippen LogP contribution in [0.4, 0.5) is 5.82 Å². The third kappa shape index (κ3) is 2.47. The number of aromatic nitrogens is 2. The molecule has 0 aliphatic carbocycles. The topological polar surface area (TPSA) is 74.6 Å². The number of methoxy groups -OCH3 is 1. The van der Waals surface area contributed by atoms with Gasteiger partial charge in [-0.3, -0.25) is 9.48 Å². The molecule has 7 nitrogen and oxygen atoms in total. The van der Waals surface area contributed by atoms with Crippen LogP contribution in [0.25, 0.3) is 0 Å². The number of carbonyl (C=O) groups is 1. The number of fused-ring (bicyclic) bond motifs is 2. The van der Waals surface area contributed by atoms with E-state index in [4.69, 9.17) is 14.2 Å². The van der Waals surface area contributed by atoms with Gasteiger partial charge in [-0.05, 0) is 17.7 Å². The van der Waals surface area contributed by atoms with E-state index in [1.165, 1.54) is 0 Å². The molecule has 24 heavy (non-hydrogen) atoms. The van der Waals surface area contributed by atoms with E-state index < -0.39 is 0 Å². The number of amides is 1. The van der Waals surface area contributed by atoms with Gasteiger partial charge in [0.25, 0.3) is 0 Å². The van der Waals surface area contributed by atoms with E-state index in [1.54, 1.807) is 29.8 Å². The molecule has 1 atom stereocenters. The molecule has 0 saturated heterocycles. The first-order valence-corrected chi connectivity index (χ1v) is 8.63. The molecule has 1 unspecified atom stereocenters. The number of nitrogens with one attached hydrogen (secondary N) is 1. The molecule has 1 N–H and O–H groups in total. The van der Waals surface area contributed by atoms with Crippen molar-refractivity contribution >= 4 is 23.5 Å². The highest BCUT2D eigenvalue weighted by Gasteiger charge is 2.29. The van der Waals surface area contributed by atoms with Gasteiger partial charge >= 0.3 is 0 Å². The number of nitrogens with zero attached hydrogens (tertiary/aromatic N) is 2. The maximum Gasteiger partial charge on any atom is 0.235 e. The average molecular weight is 347 g/mol. The summed E-state index contributed by atoms with van der Waals surface area (Å²) in [4.78, 5) is 12.0. The fourth-order valence-corrected chi connectivity index (χ4v) is 4.01. The van der Waals surface area contributed by atoms with E-state index in [0.717, 1.165) is 16.9 Å². The quantitative estimate of drug-likeness (QED) is 0.895. The normalized spacial score (nSPS) is 19.2. The van der Waals surface area contributed by atoms with Gasteiger partial charge in [-0.25, -0.2) is 0 Å². The molecule has 2 aromatic rings.